The molecule has 0 saturated heterocycles. The number of aliphatic hydroxyl groups is 1. The summed E-state index contributed by atoms with van der Waals surface area (Å²) in [6.07, 6.45) is -4.95. The molecule has 2 heterocycles. The number of aromatic nitrogens is 4. The van der Waals surface area contributed by atoms with Crippen LogP contribution in [0, 0.1) is 6.92 Å². The maximum absolute atomic E-state index is 12.8. The zero-order valence-corrected chi connectivity index (χ0v) is 15.0. The molecule has 0 spiro atoms. The molecule has 0 unspecified atom stereocenters. The van der Waals surface area contributed by atoms with Crippen LogP contribution < -0.4 is 5.56 Å². The summed E-state index contributed by atoms with van der Waals surface area (Å²) in [6.45, 7) is 4.98. The lowest BCUT2D eigenvalue weighted by Gasteiger charge is -2.15. The normalized spacial score (nSPS) is 14.5. The molecule has 0 fully saturated rings. The van der Waals surface area contributed by atoms with E-state index in [1.54, 1.807) is 20.8 Å². The van der Waals surface area contributed by atoms with Gasteiger partial charge in [-0.05, 0) is 38.5 Å². The molecule has 2 N–H and O–H groups in total. The van der Waals surface area contributed by atoms with E-state index >= 15 is 0 Å². The fourth-order valence-electron chi connectivity index (χ4n) is 3.01. The van der Waals surface area contributed by atoms with Crippen molar-refractivity contribution in [1.29, 1.82) is 0 Å². The predicted octanol–water partition coefficient (Wildman–Crippen LogP) is 2.98. The van der Waals surface area contributed by atoms with Crippen molar-refractivity contribution < 1.29 is 18.3 Å². The molecule has 0 saturated carbocycles. The van der Waals surface area contributed by atoms with Crippen molar-refractivity contribution >= 4 is 11.0 Å². The Balaban J connectivity index is 2.11. The number of aryl methyl sites for hydroxylation is 1. The van der Waals surface area contributed by atoms with E-state index in [1.807, 2.05) is 0 Å². The molecule has 27 heavy (non-hydrogen) atoms. The van der Waals surface area contributed by atoms with Crippen LogP contribution in [0.3, 0.4) is 0 Å². The van der Waals surface area contributed by atoms with Crippen LogP contribution in [0.15, 0.2) is 29.1 Å². The van der Waals surface area contributed by atoms with E-state index in [1.165, 1.54) is 16.8 Å². The smallest absolute Gasteiger partial charge is 0.393 e. The van der Waals surface area contributed by atoms with E-state index in [4.69, 9.17) is 0 Å². The molecule has 6 nitrogen and oxygen atoms in total. The van der Waals surface area contributed by atoms with Gasteiger partial charge < -0.3 is 10.1 Å². The van der Waals surface area contributed by atoms with Crippen LogP contribution in [0.1, 0.15) is 42.5 Å². The van der Waals surface area contributed by atoms with E-state index in [-0.39, 0.29) is 17.4 Å². The SMILES string of the molecule is Cc1nc2c(c(C[C@@H](C)O)nn2[C@H](C)c2ccc(C(F)(F)F)cc2)c(=O)[nH]1. The fourth-order valence-corrected chi connectivity index (χ4v) is 3.01. The lowest BCUT2D eigenvalue weighted by Crippen LogP contribution is -2.14. The molecule has 3 aromatic rings. The molecule has 1 aromatic carbocycles. The van der Waals surface area contributed by atoms with Crippen molar-refractivity contribution in [3.63, 3.8) is 0 Å². The number of nitrogens with one attached hydrogen (secondary N) is 1. The van der Waals surface area contributed by atoms with Crippen LogP contribution in [0.5, 0.6) is 0 Å². The molecule has 3 rings (SSSR count). The maximum Gasteiger partial charge on any atom is 0.416 e. The molecule has 0 aliphatic rings. The van der Waals surface area contributed by atoms with Crippen molar-refractivity contribution in [3.8, 4) is 0 Å². The Morgan fingerprint density at radius 2 is 1.85 bits per heavy atom. The number of fused-ring (bicyclic) bond motifs is 1. The molecule has 0 aliphatic carbocycles. The summed E-state index contributed by atoms with van der Waals surface area (Å²) in [7, 11) is 0. The maximum atomic E-state index is 12.8. The minimum atomic E-state index is -4.41. The first-order chi connectivity index (χ1) is 12.6. The van der Waals surface area contributed by atoms with Crippen LogP contribution in [-0.4, -0.2) is 31.0 Å². The number of rotatable bonds is 4. The van der Waals surface area contributed by atoms with Gasteiger partial charge in [0, 0.05) is 6.42 Å². The number of H-pyrrole nitrogens is 1. The van der Waals surface area contributed by atoms with Crippen LogP contribution >= 0.6 is 0 Å². The summed E-state index contributed by atoms with van der Waals surface area (Å²) in [5, 5.41) is 14.4. The van der Waals surface area contributed by atoms with Gasteiger partial charge in [0.15, 0.2) is 5.65 Å². The second-order valence-corrected chi connectivity index (χ2v) is 6.59. The van der Waals surface area contributed by atoms with Crippen molar-refractivity contribution in [1.82, 2.24) is 19.7 Å². The fraction of sp³-hybridized carbons (Fsp3) is 0.389. The van der Waals surface area contributed by atoms with Crippen molar-refractivity contribution in [2.45, 2.75) is 45.5 Å². The Labute approximate surface area is 152 Å². The minimum Gasteiger partial charge on any atom is -0.393 e. The summed E-state index contributed by atoms with van der Waals surface area (Å²) in [5.41, 5.74) is 0.227. The van der Waals surface area contributed by atoms with Gasteiger partial charge >= 0.3 is 6.18 Å². The first-order valence-electron chi connectivity index (χ1n) is 8.41. The molecular weight excluding hydrogens is 361 g/mol. The van der Waals surface area contributed by atoms with Gasteiger partial charge in [0.25, 0.3) is 5.56 Å². The highest BCUT2D eigenvalue weighted by Gasteiger charge is 2.30. The molecule has 0 radical (unpaired) electrons. The largest absolute Gasteiger partial charge is 0.416 e. The van der Waals surface area contributed by atoms with Crippen molar-refractivity contribution in [3.05, 3.63) is 57.3 Å². The number of nitrogens with zero attached hydrogens (tertiary/aromatic N) is 3. The van der Waals surface area contributed by atoms with Gasteiger partial charge in [-0.15, -0.1) is 0 Å². The van der Waals surface area contributed by atoms with E-state index in [0.29, 0.717) is 22.7 Å². The summed E-state index contributed by atoms with van der Waals surface area (Å²) in [5.74, 6) is 0.400. The number of aliphatic hydroxyl groups excluding tert-OH is 1. The van der Waals surface area contributed by atoms with Crippen molar-refractivity contribution in [2.24, 2.45) is 0 Å². The zero-order chi connectivity index (χ0) is 19.9. The van der Waals surface area contributed by atoms with Gasteiger partial charge in [-0.2, -0.15) is 18.3 Å². The second kappa shape index (κ2) is 6.80. The number of aromatic amines is 1. The number of hydrogen-bond donors (Lipinski definition) is 2. The Morgan fingerprint density at radius 1 is 1.22 bits per heavy atom. The summed E-state index contributed by atoms with van der Waals surface area (Å²) in [4.78, 5) is 19.3. The zero-order valence-electron chi connectivity index (χ0n) is 15.0. The van der Waals surface area contributed by atoms with Crippen LogP contribution in [0.25, 0.3) is 11.0 Å². The Hall–Kier alpha value is -2.68. The predicted molar refractivity (Wildman–Crippen MR) is 93.5 cm³/mol. The van der Waals surface area contributed by atoms with Gasteiger partial charge in [0.05, 0.1) is 23.4 Å². The van der Waals surface area contributed by atoms with E-state index in [0.717, 1.165) is 12.1 Å². The molecule has 0 aliphatic heterocycles. The molecule has 2 atom stereocenters. The van der Waals surface area contributed by atoms with Gasteiger partial charge in [-0.1, -0.05) is 12.1 Å². The van der Waals surface area contributed by atoms with Gasteiger partial charge in [-0.25, -0.2) is 9.67 Å². The topological polar surface area (TPSA) is 83.8 Å². The molecule has 9 heteroatoms. The Morgan fingerprint density at radius 3 is 2.41 bits per heavy atom. The molecule has 144 valence electrons. The monoisotopic (exact) mass is 380 g/mol. The average Bonchev–Trinajstić information content (AvgIpc) is 2.91. The molecule has 0 bridgehead atoms. The van der Waals surface area contributed by atoms with Crippen LogP contribution in [0.2, 0.25) is 0 Å². The highest BCUT2D eigenvalue weighted by molar-refractivity contribution is 5.77. The summed E-state index contributed by atoms with van der Waals surface area (Å²) < 4.78 is 39.8. The van der Waals surface area contributed by atoms with Crippen LogP contribution in [-0.2, 0) is 12.6 Å². The molecular formula is C18H19F3N4O2. The summed E-state index contributed by atoms with van der Waals surface area (Å²) >= 11 is 0. The highest BCUT2D eigenvalue weighted by atomic mass is 19.4. The third-order valence-electron chi connectivity index (χ3n) is 4.33. The first-order valence-corrected chi connectivity index (χ1v) is 8.41. The van der Waals surface area contributed by atoms with Gasteiger partial charge in [-0.3, -0.25) is 4.79 Å². The lowest BCUT2D eigenvalue weighted by atomic mass is 10.1. The third-order valence-corrected chi connectivity index (χ3v) is 4.33. The quantitative estimate of drug-likeness (QED) is 0.729. The third kappa shape index (κ3) is 3.73. The first kappa shape index (κ1) is 19.1. The van der Waals surface area contributed by atoms with Crippen LogP contribution in [0.4, 0.5) is 13.2 Å². The lowest BCUT2D eigenvalue weighted by molar-refractivity contribution is -0.137. The van der Waals surface area contributed by atoms with Gasteiger partial charge in [0.2, 0.25) is 0 Å². The highest BCUT2D eigenvalue weighted by Crippen LogP contribution is 2.31. The summed E-state index contributed by atoms with van der Waals surface area (Å²) in [6, 6.07) is 4.34. The number of hydrogen-bond acceptors (Lipinski definition) is 4. The van der Waals surface area contributed by atoms with E-state index in [9.17, 15) is 23.1 Å². The van der Waals surface area contributed by atoms with E-state index < -0.39 is 23.9 Å². The number of alkyl halides is 3. The standard InChI is InChI=1S/C18H19F3N4O2/c1-9(26)8-14-15-16(22-11(3)23-17(15)27)25(24-14)10(2)12-4-6-13(7-5-12)18(19,20)21/h4-7,9-10,26H,8H2,1-3H3,(H,22,23,27)/t9-,10-/m1/s1. The number of halogens is 3. The Kier molecular flexibility index (Phi) is 4.81. The molecule has 0 amide bonds. The van der Waals surface area contributed by atoms with Gasteiger partial charge in [0.1, 0.15) is 11.2 Å². The average molecular weight is 380 g/mol. The van der Waals surface area contributed by atoms with E-state index in [2.05, 4.69) is 15.1 Å². The number of benzene rings is 1. The van der Waals surface area contributed by atoms with Crippen molar-refractivity contribution in [2.75, 3.05) is 0 Å². The second-order valence-electron chi connectivity index (χ2n) is 6.59. The Bertz CT molecular complexity index is 1020. The minimum absolute atomic E-state index is 0.164. The molecule has 2 aromatic heterocycles.